The van der Waals surface area contributed by atoms with Gasteiger partial charge in [0, 0.05) is 23.8 Å². The number of nitrogens with zero attached hydrogens (tertiary/aromatic N) is 1. The lowest BCUT2D eigenvalue weighted by atomic mass is 10.1. The molecule has 0 unspecified atom stereocenters. The molecule has 106 valence electrons. The summed E-state index contributed by atoms with van der Waals surface area (Å²) >= 11 is 6.14. The molecule has 3 nitrogen and oxygen atoms in total. The summed E-state index contributed by atoms with van der Waals surface area (Å²) in [6.45, 7) is 5.54. The Hall–Kier alpha value is -1.22. The number of carboxylic acid groups (broad SMARTS) is 1. The first-order valence-corrected chi connectivity index (χ1v) is 7.16. The van der Waals surface area contributed by atoms with Crippen molar-refractivity contribution in [3.05, 3.63) is 28.8 Å². The third kappa shape index (κ3) is 5.11. The number of halogens is 1. The first-order valence-electron chi connectivity index (χ1n) is 6.78. The average Bonchev–Trinajstić information content (AvgIpc) is 2.37. The molecule has 1 rings (SSSR count). The van der Waals surface area contributed by atoms with Crippen molar-refractivity contribution in [2.24, 2.45) is 0 Å². The van der Waals surface area contributed by atoms with Crippen LogP contribution in [-0.2, 0) is 4.79 Å². The predicted octanol–water partition coefficient (Wildman–Crippen LogP) is 4.12. The summed E-state index contributed by atoms with van der Waals surface area (Å²) in [7, 11) is 0. The van der Waals surface area contributed by atoms with Gasteiger partial charge in [-0.25, -0.2) is 0 Å². The molecule has 1 aromatic carbocycles. The van der Waals surface area contributed by atoms with Crippen LogP contribution in [0.5, 0.6) is 0 Å². The van der Waals surface area contributed by atoms with Gasteiger partial charge in [0.15, 0.2) is 0 Å². The Morgan fingerprint density at radius 1 is 1.32 bits per heavy atom. The number of hydrogen-bond acceptors (Lipinski definition) is 2. The topological polar surface area (TPSA) is 40.5 Å². The van der Waals surface area contributed by atoms with E-state index in [1.54, 1.807) is 0 Å². The summed E-state index contributed by atoms with van der Waals surface area (Å²) in [5.74, 6) is -0.764. The highest BCUT2D eigenvalue weighted by Gasteiger charge is 2.12. The summed E-state index contributed by atoms with van der Waals surface area (Å²) in [6, 6.07) is 5.79. The van der Waals surface area contributed by atoms with E-state index in [9.17, 15) is 4.79 Å². The Labute approximate surface area is 120 Å². The van der Waals surface area contributed by atoms with E-state index in [0.717, 1.165) is 42.1 Å². The van der Waals surface area contributed by atoms with E-state index >= 15 is 0 Å². The predicted molar refractivity (Wildman–Crippen MR) is 80.2 cm³/mol. The maximum Gasteiger partial charge on any atom is 0.305 e. The molecule has 1 aromatic rings. The lowest BCUT2D eigenvalue weighted by molar-refractivity contribution is -0.136. The van der Waals surface area contributed by atoms with Crippen LogP contribution < -0.4 is 4.90 Å². The highest BCUT2D eigenvalue weighted by atomic mass is 35.5. The maximum atomic E-state index is 10.8. The van der Waals surface area contributed by atoms with Gasteiger partial charge in [-0.1, -0.05) is 37.4 Å². The van der Waals surface area contributed by atoms with E-state index in [2.05, 4.69) is 11.8 Å². The molecule has 19 heavy (non-hydrogen) atoms. The highest BCUT2D eigenvalue weighted by molar-refractivity contribution is 6.31. The number of aliphatic carboxylic acids is 1. The Morgan fingerprint density at radius 2 is 2.05 bits per heavy atom. The zero-order valence-corrected chi connectivity index (χ0v) is 12.4. The van der Waals surface area contributed by atoms with Crippen LogP contribution in [-0.4, -0.2) is 24.2 Å². The SMILES string of the molecule is CCCCCN(CCC(=O)O)c1cccc(Cl)c1C. The van der Waals surface area contributed by atoms with Gasteiger partial charge in [0.2, 0.25) is 0 Å². The third-order valence-corrected chi connectivity index (χ3v) is 3.62. The van der Waals surface area contributed by atoms with Gasteiger partial charge >= 0.3 is 5.97 Å². The third-order valence-electron chi connectivity index (χ3n) is 3.21. The van der Waals surface area contributed by atoms with Crippen LogP contribution in [0.1, 0.15) is 38.2 Å². The summed E-state index contributed by atoms with van der Waals surface area (Å²) in [6.07, 6.45) is 3.53. The van der Waals surface area contributed by atoms with Gasteiger partial charge in [-0.15, -0.1) is 0 Å². The van der Waals surface area contributed by atoms with Crippen molar-refractivity contribution in [3.63, 3.8) is 0 Å². The van der Waals surface area contributed by atoms with Crippen molar-refractivity contribution in [3.8, 4) is 0 Å². The van der Waals surface area contributed by atoms with Crippen LogP contribution in [0, 0.1) is 6.92 Å². The first-order chi connectivity index (χ1) is 9.06. The number of rotatable bonds is 8. The molecule has 0 fully saturated rings. The molecular formula is C15H22ClNO2. The van der Waals surface area contributed by atoms with E-state index in [1.165, 1.54) is 0 Å². The van der Waals surface area contributed by atoms with Crippen LogP contribution in [0.25, 0.3) is 0 Å². The molecule has 0 atom stereocenters. The van der Waals surface area contributed by atoms with E-state index in [1.807, 2.05) is 25.1 Å². The number of benzene rings is 1. The van der Waals surface area contributed by atoms with E-state index in [4.69, 9.17) is 16.7 Å². The van der Waals surface area contributed by atoms with Crippen LogP contribution in [0.15, 0.2) is 18.2 Å². The van der Waals surface area contributed by atoms with Crippen LogP contribution in [0.4, 0.5) is 5.69 Å². The maximum absolute atomic E-state index is 10.8. The summed E-state index contributed by atoms with van der Waals surface area (Å²) < 4.78 is 0. The van der Waals surface area contributed by atoms with Gasteiger partial charge in [-0.3, -0.25) is 4.79 Å². The second-order valence-electron chi connectivity index (χ2n) is 4.72. The largest absolute Gasteiger partial charge is 0.481 e. The summed E-state index contributed by atoms with van der Waals surface area (Å²) in [4.78, 5) is 12.9. The number of hydrogen-bond donors (Lipinski definition) is 1. The molecule has 0 radical (unpaired) electrons. The Balaban J connectivity index is 2.81. The number of anilines is 1. The minimum absolute atomic E-state index is 0.151. The fourth-order valence-electron chi connectivity index (χ4n) is 2.07. The number of carbonyl (C=O) groups is 1. The normalized spacial score (nSPS) is 10.5. The highest BCUT2D eigenvalue weighted by Crippen LogP contribution is 2.27. The fourth-order valence-corrected chi connectivity index (χ4v) is 2.24. The summed E-state index contributed by atoms with van der Waals surface area (Å²) in [5.41, 5.74) is 2.07. The van der Waals surface area contributed by atoms with Gasteiger partial charge in [-0.05, 0) is 31.0 Å². The lowest BCUT2D eigenvalue weighted by Crippen LogP contribution is -2.28. The molecule has 0 aliphatic carbocycles. The van der Waals surface area contributed by atoms with Crippen molar-refractivity contribution in [2.75, 3.05) is 18.0 Å². The Kier molecular flexibility index (Phi) is 6.71. The minimum Gasteiger partial charge on any atom is -0.481 e. The minimum atomic E-state index is -0.764. The quantitative estimate of drug-likeness (QED) is 0.730. The van der Waals surface area contributed by atoms with Gasteiger partial charge < -0.3 is 10.0 Å². The molecule has 4 heteroatoms. The van der Waals surface area contributed by atoms with Crippen LogP contribution >= 0.6 is 11.6 Å². The van der Waals surface area contributed by atoms with E-state index in [0.29, 0.717) is 6.54 Å². The van der Waals surface area contributed by atoms with Crippen molar-refractivity contribution in [1.29, 1.82) is 0 Å². The standard InChI is InChI=1S/C15H22ClNO2/c1-3-4-5-10-17(11-9-15(18)19)14-8-6-7-13(16)12(14)2/h6-8H,3-5,9-11H2,1-2H3,(H,18,19). The average molecular weight is 284 g/mol. The number of carboxylic acids is 1. The molecule has 1 N–H and O–H groups in total. The fraction of sp³-hybridized carbons (Fsp3) is 0.533. The molecule has 0 aliphatic rings. The van der Waals surface area contributed by atoms with Crippen molar-refractivity contribution in [1.82, 2.24) is 0 Å². The molecule has 0 saturated carbocycles. The van der Waals surface area contributed by atoms with Crippen LogP contribution in [0.2, 0.25) is 5.02 Å². The zero-order chi connectivity index (χ0) is 14.3. The molecule has 0 bridgehead atoms. The molecule has 0 amide bonds. The number of unbranched alkanes of at least 4 members (excludes halogenated alkanes) is 2. The Bertz CT molecular complexity index is 421. The van der Waals surface area contributed by atoms with Crippen molar-refractivity contribution in [2.45, 2.75) is 39.5 Å². The molecule has 0 spiro atoms. The molecule has 0 heterocycles. The molecule has 0 aromatic heterocycles. The monoisotopic (exact) mass is 283 g/mol. The van der Waals surface area contributed by atoms with E-state index in [-0.39, 0.29) is 6.42 Å². The van der Waals surface area contributed by atoms with E-state index < -0.39 is 5.97 Å². The molecular weight excluding hydrogens is 262 g/mol. The van der Waals surface area contributed by atoms with Gasteiger partial charge in [0.05, 0.1) is 6.42 Å². The first kappa shape index (κ1) is 15.8. The second-order valence-corrected chi connectivity index (χ2v) is 5.13. The van der Waals surface area contributed by atoms with Gasteiger partial charge in [0.25, 0.3) is 0 Å². The Morgan fingerprint density at radius 3 is 2.68 bits per heavy atom. The lowest BCUT2D eigenvalue weighted by Gasteiger charge is -2.26. The van der Waals surface area contributed by atoms with Gasteiger partial charge in [-0.2, -0.15) is 0 Å². The molecule has 0 aliphatic heterocycles. The van der Waals surface area contributed by atoms with Gasteiger partial charge in [0.1, 0.15) is 0 Å². The summed E-state index contributed by atoms with van der Waals surface area (Å²) in [5, 5.41) is 9.58. The smallest absolute Gasteiger partial charge is 0.305 e. The van der Waals surface area contributed by atoms with Crippen LogP contribution in [0.3, 0.4) is 0 Å². The van der Waals surface area contributed by atoms with Crippen molar-refractivity contribution >= 4 is 23.3 Å². The second kappa shape index (κ2) is 8.05. The zero-order valence-electron chi connectivity index (χ0n) is 11.7. The van der Waals surface area contributed by atoms with Crippen molar-refractivity contribution < 1.29 is 9.90 Å². The molecule has 0 saturated heterocycles.